The molecule has 0 radical (unpaired) electrons. The van der Waals surface area contributed by atoms with Gasteiger partial charge in [-0.2, -0.15) is 0 Å². The number of nitrogens with two attached hydrogens (primary N) is 1. The van der Waals surface area contributed by atoms with Crippen molar-refractivity contribution in [1.82, 2.24) is 4.98 Å². The van der Waals surface area contributed by atoms with Crippen molar-refractivity contribution in [2.75, 3.05) is 6.54 Å². The number of benzene rings is 1. The van der Waals surface area contributed by atoms with E-state index < -0.39 is 5.67 Å². The molecule has 0 aliphatic carbocycles. The minimum Gasteiger partial charge on any atom is -0.327 e. The van der Waals surface area contributed by atoms with Crippen LogP contribution in [0.5, 0.6) is 0 Å². The summed E-state index contributed by atoms with van der Waals surface area (Å²) in [5.41, 5.74) is 5.40. The van der Waals surface area contributed by atoms with Gasteiger partial charge in [-0.15, -0.1) is 0 Å². The number of pyridine rings is 1. The minimum atomic E-state index is -1.52. The zero-order chi connectivity index (χ0) is 12.5. The van der Waals surface area contributed by atoms with E-state index in [0.29, 0.717) is 11.1 Å². The number of halogens is 1. The SMILES string of the molecule is CC(C)C(F)(CN)c1cccc2cccnc12. The van der Waals surface area contributed by atoms with Gasteiger partial charge in [0.25, 0.3) is 0 Å². The van der Waals surface area contributed by atoms with Crippen LogP contribution >= 0.6 is 0 Å². The number of nitrogens with zero attached hydrogens (tertiary/aromatic N) is 1. The van der Waals surface area contributed by atoms with Crippen LogP contribution < -0.4 is 5.73 Å². The summed E-state index contributed by atoms with van der Waals surface area (Å²) in [7, 11) is 0. The molecule has 2 N–H and O–H groups in total. The fourth-order valence-corrected chi connectivity index (χ4v) is 2.10. The van der Waals surface area contributed by atoms with Gasteiger partial charge in [0.2, 0.25) is 0 Å². The third-order valence-electron chi connectivity index (χ3n) is 3.29. The number of hydrogen-bond donors (Lipinski definition) is 1. The average Bonchev–Trinajstić information content (AvgIpc) is 2.37. The van der Waals surface area contributed by atoms with E-state index in [9.17, 15) is 4.39 Å². The summed E-state index contributed by atoms with van der Waals surface area (Å²) in [6.07, 6.45) is 1.68. The molecule has 0 aliphatic heterocycles. The van der Waals surface area contributed by atoms with Crippen LogP contribution in [0.2, 0.25) is 0 Å². The van der Waals surface area contributed by atoms with Gasteiger partial charge in [-0.1, -0.05) is 38.1 Å². The molecule has 1 aromatic heterocycles. The largest absolute Gasteiger partial charge is 0.327 e. The molecule has 1 heterocycles. The molecule has 2 aromatic rings. The zero-order valence-electron chi connectivity index (χ0n) is 10.2. The fraction of sp³-hybridized carbons (Fsp3) is 0.357. The van der Waals surface area contributed by atoms with Crippen LogP contribution in [0.4, 0.5) is 4.39 Å². The first kappa shape index (κ1) is 12.0. The van der Waals surface area contributed by atoms with E-state index in [0.717, 1.165) is 5.39 Å². The van der Waals surface area contributed by atoms with Crippen LogP contribution in [0.3, 0.4) is 0 Å². The van der Waals surface area contributed by atoms with E-state index in [1.165, 1.54) is 0 Å². The number of alkyl halides is 1. The summed E-state index contributed by atoms with van der Waals surface area (Å²) >= 11 is 0. The van der Waals surface area contributed by atoms with E-state index in [1.54, 1.807) is 12.3 Å². The molecule has 0 saturated carbocycles. The Labute approximate surface area is 101 Å². The molecule has 1 aromatic carbocycles. The smallest absolute Gasteiger partial charge is 0.152 e. The lowest BCUT2D eigenvalue weighted by Crippen LogP contribution is -2.36. The van der Waals surface area contributed by atoms with Crippen molar-refractivity contribution < 1.29 is 4.39 Å². The molecule has 0 spiro atoms. The van der Waals surface area contributed by atoms with E-state index in [4.69, 9.17) is 5.73 Å². The summed E-state index contributed by atoms with van der Waals surface area (Å²) in [5.74, 6) is -0.180. The molecule has 90 valence electrons. The second-order valence-electron chi connectivity index (χ2n) is 4.60. The molecule has 2 nitrogen and oxygen atoms in total. The quantitative estimate of drug-likeness (QED) is 0.883. The predicted octanol–water partition coefficient (Wildman–Crippen LogP) is 3.01. The van der Waals surface area contributed by atoms with Gasteiger partial charge in [-0.25, -0.2) is 4.39 Å². The first-order valence-electron chi connectivity index (χ1n) is 5.83. The van der Waals surface area contributed by atoms with Crippen LogP contribution in [0.25, 0.3) is 10.9 Å². The van der Waals surface area contributed by atoms with E-state index in [-0.39, 0.29) is 12.5 Å². The normalized spacial score (nSPS) is 15.1. The van der Waals surface area contributed by atoms with Crippen LogP contribution in [-0.4, -0.2) is 11.5 Å². The van der Waals surface area contributed by atoms with Crippen molar-refractivity contribution in [2.24, 2.45) is 11.7 Å². The fourth-order valence-electron chi connectivity index (χ4n) is 2.10. The van der Waals surface area contributed by atoms with Crippen LogP contribution in [0.1, 0.15) is 19.4 Å². The molecule has 3 heteroatoms. The van der Waals surface area contributed by atoms with Gasteiger partial charge in [0.1, 0.15) is 0 Å². The van der Waals surface area contributed by atoms with Gasteiger partial charge >= 0.3 is 0 Å². The van der Waals surface area contributed by atoms with Crippen LogP contribution in [0.15, 0.2) is 36.5 Å². The molecule has 17 heavy (non-hydrogen) atoms. The van der Waals surface area contributed by atoms with E-state index in [1.807, 2.05) is 38.1 Å². The molecule has 1 unspecified atom stereocenters. The van der Waals surface area contributed by atoms with Crippen molar-refractivity contribution in [1.29, 1.82) is 0 Å². The van der Waals surface area contributed by atoms with E-state index >= 15 is 0 Å². The summed E-state index contributed by atoms with van der Waals surface area (Å²) in [6, 6.07) is 9.35. The molecule has 2 rings (SSSR count). The highest BCUT2D eigenvalue weighted by Crippen LogP contribution is 2.36. The summed E-state index contributed by atoms with van der Waals surface area (Å²) in [6.45, 7) is 3.66. The first-order chi connectivity index (χ1) is 8.09. The summed E-state index contributed by atoms with van der Waals surface area (Å²) in [4.78, 5) is 4.28. The van der Waals surface area contributed by atoms with Gasteiger partial charge in [-0.3, -0.25) is 4.98 Å². The maximum Gasteiger partial charge on any atom is 0.152 e. The van der Waals surface area contributed by atoms with Gasteiger partial charge in [0.05, 0.1) is 5.52 Å². The summed E-state index contributed by atoms with van der Waals surface area (Å²) < 4.78 is 14.9. The first-order valence-corrected chi connectivity index (χ1v) is 5.83. The van der Waals surface area contributed by atoms with Crippen molar-refractivity contribution in [2.45, 2.75) is 19.5 Å². The Hall–Kier alpha value is -1.48. The third kappa shape index (κ3) is 1.91. The predicted molar refractivity (Wildman–Crippen MR) is 68.4 cm³/mol. The maximum absolute atomic E-state index is 14.9. The Morgan fingerprint density at radius 3 is 2.65 bits per heavy atom. The van der Waals surface area contributed by atoms with Gasteiger partial charge in [0, 0.05) is 23.7 Å². The van der Waals surface area contributed by atoms with Crippen molar-refractivity contribution in [3.05, 3.63) is 42.1 Å². The molecular formula is C14H17FN2. The number of aromatic nitrogens is 1. The zero-order valence-corrected chi connectivity index (χ0v) is 10.2. The Morgan fingerprint density at radius 2 is 2.00 bits per heavy atom. The van der Waals surface area contributed by atoms with Gasteiger partial charge in [-0.05, 0) is 12.0 Å². The lowest BCUT2D eigenvalue weighted by Gasteiger charge is -2.29. The van der Waals surface area contributed by atoms with Gasteiger partial charge in [0.15, 0.2) is 5.67 Å². The number of fused-ring (bicyclic) bond motifs is 1. The minimum absolute atomic E-state index is 0.0274. The van der Waals surface area contributed by atoms with Crippen molar-refractivity contribution in [3.8, 4) is 0 Å². The lowest BCUT2D eigenvalue weighted by atomic mass is 9.84. The maximum atomic E-state index is 14.9. The van der Waals surface area contributed by atoms with E-state index in [2.05, 4.69) is 4.98 Å². The Balaban J connectivity index is 2.70. The molecule has 0 fully saturated rings. The molecule has 1 atom stereocenters. The van der Waals surface area contributed by atoms with Crippen LogP contribution in [0, 0.1) is 5.92 Å². The number of para-hydroxylation sites is 1. The number of rotatable bonds is 3. The van der Waals surface area contributed by atoms with Gasteiger partial charge < -0.3 is 5.73 Å². The summed E-state index contributed by atoms with van der Waals surface area (Å²) in [5, 5.41) is 0.945. The molecule has 0 amide bonds. The number of hydrogen-bond acceptors (Lipinski definition) is 2. The highest BCUT2D eigenvalue weighted by molar-refractivity contribution is 5.82. The topological polar surface area (TPSA) is 38.9 Å². The third-order valence-corrected chi connectivity index (χ3v) is 3.29. The van der Waals surface area contributed by atoms with Crippen LogP contribution in [-0.2, 0) is 5.67 Å². The Kier molecular flexibility index (Phi) is 3.11. The highest BCUT2D eigenvalue weighted by atomic mass is 19.1. The molecule has 0 aliphatic rings. The second kappa shape index (κ2) is 4.41. The van der Waals surface area contributed by atoms with Crippen molar-refractivity contribution in [3.63, 3.8) is 0 Å². The average molecular weight is 232 g/mol. The molecular weight excluding hydrogens is 215 g/mol. The second-order valence-corrected chi connectivity index (χ2v) is 4.60. The Bertz CT molecular complexity index is 519. The monoisotopic (exact) mass is 232 g/mol. The lowest BCUT2D eigenvalue weighted by molar-refractivity contribution is 0.111. The Morgan fingerprint density at radius 1 is 1.29 bits per heavy atom. The highest BCUT2D eigenvalue weighted by Gasteiger charge is 2.36. The standard InChI is InChI=1S/C14H17FN2/c1-10(2)14(15,9-16)12-7-3-5-11-6-4-8-17-13(11)12/h3-8,10H,9,16H2,1-2H3. The molecule has 0 saturated heterocycles. The van der Waals surface area contributed by atoms with Crippen molar-refractivity contribution >= 4 is 10.9 Å². The molecule has 0 bridgehead atoms.